The number of rotatable bonds is 5. The number of nitrogens with zero attached hydrogens (tertiary/aromatic N) is 7. The number of anilines is 2. The first kappa shape index (κ1) is 21.4. The summed E-state index contributed by atoms with van der Waals surface area (Å²) in [7, 11) is 1.64. The standard InChI is InChI=1S/C23H23N9O3/c1-31-9-6-23(34,21(31)33)19-12-18(30-35-19)16-4-2-3-15(26-16)17-5-7-25-22(27-17)28-20-11-14-13-24-8-10-32(14)29-20/h2-5,7,11-12,24,34H,6,8-10,13H2,1H3,(H,25,27,28,29)/t23-/m1/s1. The predicted octanol–water partition coefficient (Wildman–Crippen LogP) is 1.29. The molecule has 0 aromatic carbocycles. The second kappa shape index (κ2) is 8.25. The van der Waals surface area contributed by atoms with Gasteiger partial charge in [0.15, 0.2) is 11.6 Å². The molecule has 4 aromatic heterocycles. The van der Waals surface area contributed by atoms with E-state index in [-0.39, 0.29) is 12.2 Å². The fourth-order valence-electron chi connectivity index (χ4n) is 4.32. The molecule has 0 bridgehead atoms. The maximum Gasteiger partial charge on any atom is 0.262 e. The summed E-state index contributed by atoms with van der Waals surface area (Å²) in [6.45, 7) is 2.93. The molecule has 0 unspecified atom stereocenters. The minimum atomic E-state index is -1.70. The molecule has 2 aliphatic rings. The summed E-state index contributed by atoms with van der Waals surface area (Å²) in [5.74, 6) is 0.800. The largest absolute Gasteiger partial charge is 0.373 e. The van der Waals surface area contributed by atoms with Gasteiger partial charge in [-0.2, -0.15) is 5.10 Å². The number of hydrogen-bond donors (Lipinski definition) is 3. The number of carbonyl (C=O) groups excluding carboxylic acids is 1. The van der Waals surface area contributed by atoms with Gasteiger partial charge in [-0.25, -0.2) is 15.0 Å². The van der Waals surface area contributed by atoms with Gasteiger partial charge in [0.2, 0.25) is 11.5 Å². The van der Waals surface area contributed by atoms with E-state index in [0.29, 0.717) is 41.1 Å². The molecule has 35 heavy (non-hydrogen) atoms. The molecule has 1 atom stereocenters. The molecule has 6 heterocycles. The van der Waals surface area contributed by atoms with Crippen LogP contribution >= 0.6 is 0 Å². The van der Waals surface area contributed by atoms with E-state index in [4.69, 9.17) is 4.52 Å². The third-order valence-electron chi connectivity index (χ3n) is 6.27. The molecule has 1 fully saturated rings. The zero-order valence-electron chi connectivity index (χ0n) is 19.0. The van der Waals surface area contributed by atoms with E-state index in [1.807, 2.05) is 22.9 Å². The van der Waals surface area contributed by atoms with Crippen molar-refractivity contribution in [3.05, 3.63) is 54.0 Å². The Morgan fingerprint density at radius 2 is 1.94 bits per heavy atom. The van der Waals surface area contributed by atoms with E-state index in [2.05, 4.69) is 35.8 Å². The van der Waals surface area contributed by atoms with Gasteiger partial charge in [0.05, 0.1) is 29.3 Å². The number of likely N-dealkylation sites (N-methyl/N-ethyl adjacent to an activating group) is 1. The van der Waals surface area contributed by atoms with Crippen LogP contribution in [0.15, 0.2) is 47.1 Å². The molecule has 178 valence electrons. The highest BCUT2D eigenvalue weighted by Crippen LogP contribution is 2.34. The van der Waals surface area contributed by atoms with Gasteiger partial charge in [-0.3, -0.25) is 9.48 Å². The van der Waals surface area contributed by atoms with Gasteiger partial charge >= 0.3 is 0 Å². The summed E-state index contributed by atoms with van der Waals surface area (Å²) in [6, 6.07) is 10.8. The van der Waals surface area contributed by atoms with Crippen LogP contribution in [0.25, 0.3) is 22.8 Å². The molecular weight excluding hydrogens is 450 g/mol. The van der Waals surface area contributed by atoms with Crippen molar-refractivity contribution in [2.45, 2.75) is 25.1 Å². The Balaban J connectivity index is 1.25. The number of pyridine rings is 1. The fourth-order valence-corrected chi connectivity index (χ4v) is 4.32. The molecule has 0 aliphatic carbocycles. The summed E-state index contributed by atoms with van der Waals surface area (Å²) in [5.41, 5.74) is 1.58. The van der Waals surface area contributed by atoms with Crippen LogP contribution in [0.1, 0.15) is 17.9 Å². The molecule has 12 heteroatoms. The van der Waals surface area contributed by atoms with Crippen LogP contribution < -0.4 is 10.6 Å². The number of aromatic nitrogens is 6. The molecular formula is C23H23N9O3. The summed E-state index contributed by atoms with van der Waals surface area (Å²) in [6.07, 6.45) is 1.90. The number of hydrogen-bond acceptors (Lipinski definition) is 10. The fraction of sp³-hybridized carbons (Fsp3) is 0.304. The predicted molar refractivity (Wildman–Crippen MR) is 124 cm³/mol. The van der Waals surface area contributed by atoms with Crippen LogP contribution in [0.4, 0.5) is 11.8 Å². The number of fused-ring (bicyclic) bond motifs is 1. The zero-order chi connectivity index (χ0) is 24.0. The molecule has 2 aliphatic heterocycles. The molecule has 6 rings (SSSR count). The molecule has 1 amide bonds. The van der Waals surface area contributed by atoms with Crippen LogP contribution in [0, 0.1) is 0 Å². The van der Waals surface area contributed by atoms with Crippen molar-refractivity contribution < 1.29 is 14.4 Å². The van der Waals surface area contributed by atoms with Crippen LogP contribution in [0.2, 0.25) is 0 Å². The number of carbonyl (C=O) groups is 1. The van der Waals surface area contributed by atoms with Crippen molar-refractivity contribution in [1.29, 1.82) is 0 Å². The van der Waals surface area contributed by atoms with E-state index < -0.39 is 11.5 Å². The van der Waals surface area contributed by atoms with Gasteiger partial charge in [0.25, 0.3) is 5.91 Å². The molecule has 0 spiro atoms. The van der Waals surface area contributed by atoms with E-state index in [1.165, 1.54) is 4.90 Å². The minimum Gasteiger partial charge on any atom is -0.373 e. The third kappa shape index (κ3) is 3.82. The van der Waals surface area contributed by atoms with E-state index in [1.54, 1.807) is 31.4 Å². The van der Waals surface area contributed by atoms with Crippen LogP contribution in [0.5, 0.6) is 0 Å². The molecule has 4 aromatic rings. The second-order valence-corrected chi connectivity index (χ2v) is 8.63. The highest BCUT2D eigenvalue weighted by molar-refractivity contribution is 5.87. The Morgan fingerprint density at radius 3 is 2.74 bits per heavy atom. The SMILES string of the molecule is CN1CC[C@@](O)(c2cc(-c3cccc(-c4ccnc(Nc5cc6n(n5)CCNC6)n4)n3)no2)C1=O. The lowest BCUT2D eigenvalue weighted by Gasteiger charge is -2.16. The van der Waals surface area contributed by atoms with Gasteiger partial charge in [0.1, 0.15) is 5.69 Å². The Kier molecular flexibility index (Phi) is 5.04. The highest BCUT2D eigenvalue weighted by atomic mass is 16.5. The molecule has 0 saturated carbocycles. The van der Waals surface area contributed by atoms with Crippen LogP contribution in [-0.2, 0) is 23.5 Å². The molecule has 3 N–H and O–H groups in total. The molecule has 1 saturated heterocycles. The third-order valence-corrected chi connectivity index (χ3v) is 6.27. The highest BCUT2D eigenvalue weighted by Gasteiger charge is 2.48. The average Bonchev–Trinajstić information content (AvgIpc) is 3.60. The average molecular weight is 473 g/mol. The van der Waals surface area contributed by atoms with Crippen molar-refractivity contribution in [3.8, 4) is 22.8 Å². The van der Waals surface area contributed by atoms with Crippen LogP contribution in [0.3, 0.4) is 0 Å². The molecule has 12 nitrogen and oxygen atoms in total. The Morgan fingerprint density at radius 1 is 1.11 bits per heavy atom. The van der Waals surface area contributed by atoms with Crippen molar-refractivity contribution in [3.63, 3.8) is 0 Å². The smallest absolute Gasteiger partial charge is 0.262 e. The Bertz CT molecular complexity index is 1390. The first-order valence-corrected chi connectivity index (χ1v) is 11.3. The van der Waals surface area contributed by atoms with Crippen molar-refractivity contribution in [2.75, 3.05) is 25.5 Å². The van der Waals surface area contributed by atoms with E-state index in [9.17, 15) is 9.90 Å². The maximum absolute atomic E-state index is 12.4. The first-order valence-electron chi connectivity index (χ1n) is 11.3. The van der Waals surface area contributed by atoms with Gasteiger partial charge in [-0.05, 0) is 18.2 Å². The number of aliphatic hydroxyl groups is 1. The lowest BCUT2D eigenvalue weighted by molar-refractivity contribution is -0.144. The summed E-state index contributed by atoms with van der Waals surface area (Å²) >= 11 is 0. The minimum absolute atomic E-state index is 0.112. The van der Waals surface area contributed by atoms with E-state index in [0.717, 1.165) is 25.3 Å². The van der Waals surface area contributed by atoms with Crippen molar-refractivity contribution in [1.82, 2.24) is 40.1 Å². The monoisotopic (exact) mass is 473 g/mol. The maximum atomic E-state index is 12.4. The van der Waals surface area contributed by atoms with Gasteiger partial charge in [-0.15, -0.1) is 0 Å². The van der Waals surface area contributed by atoms with Crippen molar-refractivity contribution >= 4 is 17.7 Å². The van der Waals surface area contributed by atoms with Crippen molar-refractivity contribution in [2.24, 2.45) is 0 Å². The number of likely N-dealkylation sites (tertiary alicyclic amines) is 1. The summed E-state index contributed by atoms with van der Waals surface area (Å²) in [4.78, 5) is 27.4. The van der Waals surface area contributed by atoms with Gasteiger partial charge in [0, 0.05) is 51.4 Å². The normalized spacial score (nSPS) is 19.7. The Hall–Kier alpha value is -4.16. The lowest BCUT2D eigenvalue weighted by atomic mass is 9.98. The quantitative estimate of drug-likeness (QED) is 0.387. The van der Waals surface area contributed by atoms with Crippen LogP contribution in [-0.4, -0.2) is 65.9 Å². The van der Waals surface area contributed by atoms with E-state index >= 15 is 0 Å². The number of amides is 1. The summed E-state index contributed by atoms with van der Waals surface area (Å²) < 4.78 is 7.32. The number of nitrogens with one attached hydrogen (secondary N) is 2. The second-order valence-electron chi connectivity index (χ2n) is 8.63. The molecule has 0 radical (unpaired) electrons. The Labute approximate surface area is 200 Å². The first-order chi connectivity index (χ1) is 17.0. The lowest BCUT2D eigenvalue weighted by Crippen LogP contribution is -2.35. The van der Waals surface area contributed by atoms with Gasteiger partial charge in [-0.1, -0.05) is 11.2 Å². The van der Waals surface area contributed by atoms with Gasteiger partial charge < -0.3 is 25.2 Å². The topological polar surface area (TPSA) is 147 Å². The summed E-state index contributed by atoms with van der Waals surface area (Å²) in [5, 5.41) is 25.9. The zero-order valence-corrected chi connectivity index (χ0v) is 19.0.